The highest BCUT2D eigenvalue weighted by atomic mass is 35.5. The number of carbonyl (C=O) groups is 2. The summed E-state index contributed by atoms with van der Waals surface area (Å²) in [6, 6.07) is 15.3. The molecular formula is C22H29ClN4O2+2. The van der Waals surface area contributed by atoms with Gasteiger partial charge in [0.1, 0.15) is 32.2 Å². The molecule has 0 unspecified atom stereocenters. The molecule has 29 heavy (non-hydrogen) atoms. The lowest BCUT2D eigenvalue weighted by Gasteiger charge is -2.33. The summed E-state index contributed by atoms with van der Waals surface area (Å²) in [5.74, 6) is -1.33. The molecule has 0 radical (unpaired) electrons. The van der Waals surface area contributed by atoms with E-state index in [2.05, 4.69) is 48.9 Å². The van der Waals surface area contributed by atoms with Gasteiger partial charge in [-0.3, -0.25) is 9.59 Å². The fourth-order valence-electron chi connectivity index (χ4n) is 3.67. The molecule has 0 aromatic heterocycles. The average molecular weight is 417 g/mol. The van der Waals surface area contributed by atoms with Crippen LogP contribution in [-0.2, 0) is 9.59 Å². The monoisotopic (exact) mass is 416 g/mol. The number of nitrogens with one attached hydrogen (secondary N) is 4. The van der Waals surface area contributed by atoms with Crippen molar-refractivity contribution in [2.24, 2.45) is 0 Å². The van der Waals surface area contributed by atoms with Crippen molar-refractivity contribution in [3.8, 4) is 0 Å². The number of rotatable bonds is 5. The van der Waals surface area contributed by atoms with Crippen LogP contribution in [0.3, 0.4) is 0 Å². The number of likely N-dealkylation sites (N-methyl/N-ethyl adjacent to an activating group) is 1. The SMILES string of the molecule is Cc1ccc([C@@H](CNC(=O)C(=O)Nc2cccc(Cl)c2)[NH+]2CC[NH+](C)CC2)cc1. The van der Waals surface area contributed by atoms with Crippen molar-refractivity contribution in [1.29, 1.82) is 0 Å². The van der Waals surface area contributed by atoms with Gasteiger partial charge in [-0.1, -0.05) is 47.5 Å². The van der Waals surface area contributed by atoms with E-state index in [1.54, 1.807) is 24.3 Å². The fraction of sp³-hybridized carbons (Fsp3) is 0.364. The van der Waals surface area contributed by atoms with Crippen LogP contribution in [-0.4, -0.2) is 51.6 Å². The second-order valence-electron chi connectivity index (χ2n) is 7.75. The maximum absolute atomic E-state index is 12.4. The lowest BCUT2D eigenvalue weighted by atomic mass is 10.0. The first-order valence-corrected chi connectivity index (χ1v) is 10.4. The van der Waals surface area contributed by atoms with Gasteiger partial charge in [-0.2, -0.15) is 0 Å². The molecule has 1 atom stereocenters. The lowest BCUT2D eigenvalue weighted by molar-refractivity contribution is -1.02. The van der Waals surface area contributed by atoms with Gasteiger partial charge in [0.15, 0.2) is 0 Å². The van der Waals surface area contributed by atoms with Gasteiger partial charge in [0, 0.05) is 16.3 Å². The number of hydrogen-bond donors (Lipinski definition) is 4. The summed E-state index contributed by atoms with van der Waals surface area (Å²) in [6.07, 6.45) is 0. The maximum Gasteiger partial charge on any atom is 0.313 e. The first kappa shape index (κ1) is 21.3. The van der Waals surface area contributed by atoms with E-state index in [0.29, 0.717) is 17.3 Å². The van der Waals surface area contributed by atoms with Crippen LogP contribution in [0.4, 0.5) is 5.69 Å². The minimum Gasteiger partial charge on any atom is -0.341 e. The van der Waals surface area contributed by atoms with Crippen LogP contribution in [0.2, 0.25) is 5.02 Å². The van der Waals surface area contributed by atoms with Crippen LogP contribution in [0.1, 0.15) is 17.2 Å². The Morgan fingerprint density at radius 3 is 2.38 bits per heavy atom. The minimum atomic E-state index is -0.687. The van der Waals surface area contributed by atoms with Crippen molar-refractivity contribution in [2.45, 2.75) is 13.0 Å². The molecule has 7 heteroatoms. The van der Waals surface area contributed by atoms with Gasteiger partial charge in [0.2, 0.25) is 0 Å². The quantitative estimate of drug-likeness (QED) is 0.512. The molecule has 0 saturated carbocycles. The number of amides is 2. The largest absolute Gasteiger partial charge is 0.341 e. The van der Waals surface area contributed by atoms with Crippen molar-refractivity contribution in [1.82, 2.24) is 5.32 Å². The van der Waals surface area contributed by atoms with Crippen molar-refractivity contribution >= 4 is 29.1 Å². The zero-order valence-corrected chi connectivity index (χ0v) is 17.7. The molecule has 1 saturated heterocycles. The van der Waals surface area contributed by atoms with Crippen LogP contribution in [0.15, 0.2) is 48.5 Å². The molecule has 1 aliphatic heterocycles. The van der Waals surface area contributed by atoms with Gasteiger partial charge in [-0.15, -0.1) is 0 Å². The molecule has 6 nitrogen and oxygen atoms in total. The Kier molecular flexibility index (Phi) is 7.25. The predicted octanol–water partition coefficient (Wildman–Crippen LogP) is -0.142. The Hall–Kier alpha value is -2.41. The molecule has 3 rings (SSSR count). The van der Waals surface area contributed by atoms with Crippen molar-refractivity contribution in [3.63, 3.8) is 0 Å². The molecule has 154 valence electrons. The van der Waals surface area contributed by atoms with Gasteiger partial charge in [-0.05, 0) is 25.1 Å². The van der Waals surface area contributed by atoms with E-state index in [1.165, 1.54) is 20.9 Å². The van der Waals surface area contributed by atoms with E-state index in [9.17, 15) is 9.59 Å². The molecule has 0 bridgehead atoms. The van der Waals surface area contributed by atoms with Crippen LogP contribution >= 0.6 is 11.6 Å². The van der Waals surface area contributed by atoms with Crippen molar-refractivity contribution < 1.29 is 19.4 Å². The van der Waals surface area contributed by atoms with Crippen LogP contribution in [0.25, 0.3) is 0 Å². The second kappa shape index (κ2) is 9.87. The summed E-state index contributed by atoms with van der Waals surface area (Å²) < 4.78 is 0. The molecule has 2 amide bonds. The summed E-state index contributed by atoms with van der Waals surface area (Å²) in [4.78, 5) is 27.6. The molecule has 1 aliphatic rings. The number of piperazine rings is 1. The van der Waals surface area contributed by atoms with Crippen molar-refractivity contribution in [2.75, 3.05) is 45.1 Å². The summed E-state index contributed by atoms with van der Waals surface area (Å²) in [7, 11) is 2.21. The van der Waals surface area contributed by atoms with Crippen LogP contribution in [0.5, 0.6) is 0 Å². The molecule has 1 heterocycles. The topological polar surface area (TPSA) is 67.1 Å². The molecule has 4 N–H and O–H groups in total. The summed E-state index contributed by atoms with van der Waals surface area (Å²) in [6.45, 7) is 6.75. The third-order valence-electron chi connectivity index (χ3n) is 5.47. The van der Waals surface area contributed by atoms with E-state index in [-0.39, 0.29) is 6.04 Å². The molecule has 0 spiro atoms. The van der Waals surface area contributed by atoms with E-state index < -0.39 is 11.8 Å². The number of carbonyl (C=O) groups excluding carboxylic acids is 2. The zero-order valence-electron chi connectivity index (χ0n) is 16.9. The molecule has 1 fully saturated rings. The summed E-state index contributed by atoms with van der Waals surface area (Å²) in [5, 5.41) is 5.92. The number of halogens is 1. The molecular weight excluding hydrogens is 388 g/mol. The smallest absolute Gasteiger partial charge is 0.313 e. The average Bonchev–Trinajstić information content (AvgIpc) is 2.70. The number of quaternary nitrogens is 2. The number of anilines is 1. The van der Waals surface area contributed by atoms with Gasteiger partial charge in [0.05, 0.1) is 13.6 Å². The Balaban J connectivity index is 1.64. The van der Waals surface area contributed by atoms with Crippen LogP contribution < -0.4 is 20.4 Å². The Labute approximate surface area is 176 Å². The van der Waals surface area contributed by atoms with Gasteiger partial charge < -0.3 is 20.4 Å². The fourth-order valence-corrected chi connectivity index (χ4v) is 3.86. The van der Waals surface area contributed by atoms with Crippen LogP contribution in [0, 0.1) is 6.92 Å². The van der Waals surface area contributed by atoms with Gasteiger partial charge in [0.25, 0.3) is 0 Å². The Bertz CT molecular complexity index is 848. The maximum atomic E-state index is 12.4. The molecule has 0 aliphatic carbocycles. The first-order valence-electron chi connectivity index (χ1n) is 9.99. The number of benzene rings is 2. The van der Waals surface area contributed by atoms with Crippen molar-refractivity contribution in [3.05, 3.63) is 64.7 Å². The third-order valence-corrected chi connectivity index (χ3v) is 5.71. The normalized spacial score (nSPS) is 20.0. The van der Waals surface area contributed by atoms with E-state index >= 15 is 0 Å². The summed E-state index contributed by atoms with van der Waals surface area (Å²) in [5.41, 5.74) is 2.89. The van der Waals surface area contributed by atoms with E-state index in [4.69, 9.17) is 11.6 Å². The minimum absolute atomic E-state index is 0.117. The van der Waals surface area contributed by atoms with E-state index in [0.717, 1.165) is 26.2 Å². The highest BCUT2D eigenvalue weighted by Crippen LogP contribution is 2.15. The lowest BCUT2D eigenvalue weighted by Crippen LogP contribution is -3.27. The zero-order chi connectivity index (χ0) is 20.8. The Morgan fingerprint density at radius 1 is 1.03 bits per heavy atom. The van der Waals surface area contributed by atoms with Gasteiger partial charge in [-0.25, -0.2) is 0 Å². The highest BCUT2D eigenvalue weighted by Gasteiger charge is 2.30. The Morgan fingerprint density at radius 2 is 1.72 bits per heavy atom. The van der Waals surface area contributed by atoms with E-state index in [1.807, 2.05) is 0 Å². The standard InChI is InChI=1S/C22H27ClN4O2/c1-16-6-8-17(9-7-16)20(27-12-10-26(2)11-13-27)15-24-21(28)22(29)25-19-5-3-4-18(23)14-19/h3-9,14,20H,10-13,15H2,1-2H3,(H,24,28)(H,25,29)/p+2/t20-/m1/s1. The first-order chi connectivity index (χ1) is 13.9. The predicted molar refractivity (Wildman–Crippen MR) is 114 cm³/mol. The number of hydrogen-bond acceptors (Lipinski definition) is 2. The highest BCUT2D eigenvalue weighted by molar-refractivity contribution is 6.39. The molecule has 2 aromatic carbocycles. The second-order valence-corrected chi connectivity index (χ2v) is 8.19. The molecule has 2 aromatic rings. The van der Waals surface area contributed by atoms with Gasteiger partial charge >= 0.3 is 11.8 Å². The number of aryl methyl sites for hydroxylation is 1. The third kappa shape index (κ3) is 6.03. The summed E-state index contributed by atoms with van der Waals surface area (Å²) >= 11 is 5.93.